The van der Waals surface area contributed by atoms with Crippen molar-refractivity contribution < 1.29 is 42.5 Å². The third-order valence-corrected chi connectivity index (χ3v) is 12.8. The summed E-state index contributed by atoms with van der Waals surface area (Å²) in [6.45, 7) is 6.83. The van der Waals surface area contributed by atoms with Crippen LogP contribution in [0.3, 0.4) is 0 Å². The number of halogens is 3. The van der Waals surface area contributed by atoms with Gasteiger partial charge in [-0.05, 0) is 50.9 Å². The molecule has 1 spiro atoms. The number of carbonyl (C=O) groups is 3. The normalized spacial score (nSPS) is 29.8. The van der Waals surface area contributed by atoms with Crippen LogP contribution in [0.15, 0.2) is 23.9 Å². The Labute approximate surface area is 295 Å². The van der Waals surface area contributed by atoms with E-state index in [1.165, 1.54) is 16.2 Å². The predicted molar refractivity (Wildman–Crippen MR) is 178 cm³/mol. The van der Waals surface area contributed by atoms with Crippen LogP contribution in [-0.4, -0.2) is 118 Å². The van der Waals surface area contributed by atoms with Gasteiger partial charge < -0.3 is 30.1 Å². The zero-order valence-corrected chi connectivity index (χ0v) is 29.8. The van der Waals surface area contributed by atoms with E-state index in [0.717, 1.165) is 12.8 Å². The van der Waals surface area contributed by atoms with Crippen molar-refractivity contribution in [2.75, 3.05) is 52.5 Å². The first kappa shape index (κ1) is 37.2. The molecule has 2 unspecified atom stereocenters. The van der Waals surface area contributed by atoms with Crippen molar-refractivity contribution in [1.82, 2.24) is 25.0 Å². The fourth-order valence-corrected chi connectivity index (χ4v) is 8.95. The van der Waals surface area contributed by atoms with Crippen LogP contribution >= 0.6 is 11.3 Å². The molecule has 15 heteroatoms. The largest absolute Gasteiger partial charge is 0.396 e. The van der Waals surface area contributed by atoms with Gasteiger partial charge in [0.2, 0.25) is 17.7 Å². The highest BCUT2D eigenvalue weighted by Gasteiger charge is 2.62. The van der Waals surface area contributed by atoms with Gasteiger partial charge in [0.05, 0.1) is 41.5 Å². The van der Waals surface area contributed by atoms with E-state index in [1.807, 2.05) is 12.2 Å². The molecule has 5 aliphatic rings. The molecule has 4 fully saturated rings. The fraction of sp³-hybridized carbons (Fsp3) is 0.771. The maximum Gasteiger partial charge on any atom is 0.391 e. The number of aliphatic hydroxyl groups excluding tert-OH is 2. The number of hydrogen-bond acceptors (Lipinski definition) is 9. The Kier molecular flexibility index (Phi) is 10.5. The lowest BCUT2D eigenvalue weighted by Crippen LogP contribution is -2.65. The van der Waals surface area contributed by atoms with Gasteiger partial charge in [0, 0.05) is 62.2 Å². The summed E-state index contributed by atoms with van der Waals surface area (Å²) in [6, 6.07) is -1.19. The van der Waals surface area contributed by atoms with E-state index in [2.05, 4.69) is 24.1 Å². The number of aromatic nitrogens is 1. The standard InChI is InChI=1S/C35H50F3N5O6S/c1-22(49-20-33(19-44)9-5-4-6-10-33)27(31(48)41-11-7-23(8-12-41)35(36,37)38)40-28(45)25-15-42(30(47)26-14-39-21-50-26)16-34(25)17-43(18-34)29(46)24-13-32(24,2)3/h4-5,14,21-25,27,30,44,47H,6-13,15-20H2,1-3H3,(H,40,45)/t22-,24-,25+,27+,30?,33?/m1/s1. The van der Waals surface area contributed by atoms with E-state index in [0.29, 0.717) is 37.4 Å². The van der Waals surface area contributed by atoms with E-state index < -0.39 is 59.0 Å². The second-order valence-electron chi connectivity index (χ2n) is 16.1. The summed E-state index contributed by atoms with van der Waals surface area (Å²) < 4.78 is 46.6. The van der Waals surface area contributed by atoms with Crippen LogP contribution in [0.4, 0.5) is 13.2 Å². The van der Waals surface area contributed by atoms with Crippen LogP contribution in [0.2, 0.25) is 0 Å². The number of hydrogen-bond donors (Lipinski definition) is 3. The van der Waals surface area contributed by atoms with Gasteiger partial charge in [-0.1, -0.05) is 26.0 Å². The highest BCUT2D eigenvalue weighted by atomic mass is 32.1. The van der Waals surface area contributed by atoms with E-state index in [4.69, 9.17) is 4.74 Å². The first-order chi connectivity index (χ1) is 23.6. The second kappa shape index (κ2) is 14.1. The topological polar surface area (TPSA) is 136 Å². The molecule has 1 saturated carbocycles. The lowest BCUT2D eigenvalue weighted by Gasteiger charge is -2.51. The number of piperidine rings is 1. The van der Waals surface area contributed by atoms with Crippen molar-refractivity contribution in [2.24, 2.45) is 34.0 Å². The first-order valence-electron chi connectivity index (χ1n) is 17.7. The number of rotatable bonds is 11. The van der Waals surface area contributed by atoms with Crippen LogP contribution in [0.25, 0.3) is 0 Å². The molecule has 3 aliphatic heterocycles. The molecule has 11 nitrogen and oxygen atoms in total. The molecule has 3 N–H and O–H groups in total. The van der Waals surface area contributed by atoms with Crippen LogP contribution < -0.4 is 5.32 Å². The number of aliphatic hydroxyl groups is 2. The SMILES string of the molecule is C[C@@H](OCC1(CO)CC=CCC1)[C@H](NC(=O)[C@@H]1CN(C(O)c2cncs2)CC12CN(C(=O)[C@H]1CC1(C)C)C2)C(=O)N1CCC(C(F)(F)F)CC1. The molecule has 3 saturated heterocycles. The predicted octanol–water partition coefficient (Wildman–Crippen LogP) is 3.35. The summed E-state index contributed by atoms with van der Waals surface area (Å²) in [7, 11) is 0. The fourth-order valence-electron chi connectivity index (χ4n) is 8.31. The van der Waals surface area contributed by atoms with Crippen molar-refractivity contribution in [3.63, 3.8) is 0 Å². The number of likely N-dealkylation sites (tertiary alicyclic amines) is 3. The molecule has 2 aliphatic carbocycles. The van der Waals surface area contributed by atoms with Gasteiger partial charge in [0.1, 0.15) is 12.3 Å². The minimum atomic E-state index is -4.34. The second-order valence-corrected chi connectivity index (χ2v) is 17.0. The zero-order valence-electron chi connectivity index (χ0n) is 29.0. The van der Waals surface area contributed by atoms with Gasteiger partial charge in [-0.3, -0.25) is 24.3 Å². The number of nitrogens with one attached hydrogen (secondary N) is 1. The quantitative estimate of drug-likeness (QED) is 0.296. The Hall–Kier alpha value is -2.59. The summed E-state index contributed by atoms with van der Waals surface area (Å²) in [5.41, 5.74) is 0.367. The summed E-state index contributed by atoms with van der Waals surface area (Å²) in [4.78, 5) is 51.4. The number of alkyl halides is 3. The van der Waals surface area contributed by atoms with E-state index in [1.54, 1.807) is 28.4 Å². The van der Waals surface area contributed by atoms with E-state index in [9.17, 15) is 37.8 Å². The van der Waals surface area contributed by atoms with Gasteiger partial charge in [0.25, 0.3) is 0 Å². The monoisotopic (exact) mass is 725 g/mol. The molecule has 3 amide bonds. The Morgan fingerprint density at radius 1 is 1.12 bits per heavy atom. The molecule has 6 rings (SSSR count). The lowest BCUT2D eigenvalue weighted by molar-refractivity contribution is -0.187. The smallest absolute Gasteiger partial charge is 0.391 e. The van der Waals surface area contributed by atoms with Crippen molar-refractivity contribution in [1.29, 1.82) is 0 Å². The van der Waals surface area contributed by atoms with Crippen molar-refractivity contribution in [3.05, 3.63) is 28.7 Å². The molecule has 0 aromatic carbocycles. The molecule has 1 aromatic rings. The van der Waals surface area contributed by atoms with Crippen molar-refractivity contribution in [2.45, 2.75) is 83.8 Å². The number of carbonyl (C=O) groups excluding carboxylic acids is 3. The highest BCUT2D eigenvalue weighted by molar-refractivity contribution is 7.09. The van der Waals surface area contributed by atoms with Crippen LogP contribution in [-0.2, 0) is 19.1 Å². The first-order valence-corrected chi connectivity index (χ1v) is 18.6. The molecule has 6 atom stereocenters. The molecule has 1 aromatic heterocycles. The minimum absolute atomic E-state index is 0.0541. The Bertz CT molecular complexity index is 1430. The molecule has 278 valence electrons. The summed E-state index contributed by atoms with van der Waals surface area (Å²) in [5, 5.41) is 24.4. The molecular formula is C35H50F3N5O6S. The number of amides is 3. The summed E-state index contributed by atoms with van der Waals surface area (Å²) >= 11 is 1.30. The molecule has 50 heavy (non-hydrogen) atoms. The summed E-state index contributed by atoms with van der Waals surface area (Å²) in [5.74, 6) is -3.11. The van der Waals surface area contributed by atoms with Crippen LogP contribution in [0, 0.1) is 34.0 Å². The lowest BCUT2D eigenvalue weighted by atomic mass is 9.70. The number of nitrogens with zero attached hydrogens (tertiary/aromatic N) is 4. The van der Waals surface area contributed by atoms with E-state index >= 15 is 0 Å². The zero-order chi connectivity index (χ0) is 36.1. The molecule has 4 heterocycles. The number of allylic oxidation sites excluding steroid dienone is 2. The van der Waals surface area contributed by atoms with Gasteiger partial charge in [0.15, 0.2) is 0 Å². The van der Waals surface area contributed by atoms with Gasteiger partial charge in [-0.15, -0.1) is 11.3 Å². The van der Waals surface area contributed by atoms with Gasteiger partial charge in [-0.25, -0.2) is 0 Å². The Morgan fingerprint density at radius 2 is 1.82 bits per heavy atom. The van der Waals surface area contributed by atoms with Gasteiger partial charge in [-0.2, -0.15) is 13.2 Å². The third-order valence-electron chi connectivity index (χ3n) is 12.0. The van der Waals surface area contributed by atoms with Crippen molar-refractivity contribution in [3.8, 4) is 0 Å². The average molecular weight is 726 g/mol. The van der Waals surface area contributed by atoms with Crippen LogP contribution in [0.5, 0.6) is 0 Å². The summed E-state index contributed by atoms with van der Waals surface area (Å²) in [6.07, 6.45) is 1.86. The molecule has 0 radical (unpaired) electrons. The molecular weight excluding hydrogens is 675 g/mol. The van der Waals surface area contributed by atoms with Crippen molar-refractivity contribution >= 4 is 29.1 Å². The average Bonchev–Trinajstić information content (AvgIpc) is 3.44. The maximum absolute atomic E-state index is 14.4. The Morgan fingerprint density at radius 3 is 2.38 bits per heavy atom. The maximum atomic E-state index is 14.4. The Balaban J connectivity index is 1.21. The number of thiazole rings is 1. The minimum Gasteiger partial charge on any atom is -0.396 e. The molecule has 0 bridgehead atoms. The van der Waals surface area contributed by atoms with Crippen LogP contribution in [0.1, 0.15) is 70.4 Å². The third kappa shape index (κ3) is 7.48. The van der Waals surface area contributed by atoms with Gasteiger partial charge >= 0.3 is 6.18 Å². The number of ether oxygens (including phenoxy) is 1. The highest BCUT2D eigenvalue weighted by Crippen LogP contribution is 2.55. The van der Waals surface area contributed by atoms with E-state index in [-0.39, 0.29) is 62.9 Å².